The van der Waals surface area contributed by atoms with Gasteiger partial charge in [0.2, 0.25) is 6.79 Å². The molecule has 1 aromatic heterocycles. The SMILES string of the molecule is CC(C)n1c(=O)oc2cc(NC(=O)c3ccc4c(c3)OCO4)ccc21. The van der Waals surface area contributed by atoms with Gasteiger partial charge in [0.15, 0.2) is 17.1 Å². The maximum Gasteiger partial charge on any atom is 0.420 e. The topological polar surface area (TPSA) is 82.7 Å². The van der Waals surface area contributed by atoms with Crippen LogP contribution in [0.15, 0.2) is 45.6 Å². The number of nitrogens with one attached hydrogen (secondary N) is 1. The van der Waals surface area contributed by atoms with Gasteiger partial charge in [0.25, 0.3) is 5.91 Å². The van der Waals surface area contributed by atoms with Gasteiger partial charge in [-0.1, -0.05) is 0 Å². The van der Waals surface area contributed by atoms with Crippen molar-refractivity contribution < 1.29 is 18.7 Å². The van der Waals surface area contributed by atoms with E-state index in [-0.39, 0.29) is 18.7 Å². The molecule has 1 aliphatic heterocycles. The van der Waals surface area contributed by atoms with Gasteiger partial charge in [0.05, 0.1) is 5.52 Å². The number of amides is 1. The van der Waals surface area contributed by atoms with Gasteiger partial charge in [-0.3, -0.25) is 9.36 Å². The van der Waals surface area contributed by atoms with E-state index in [4.69, 9.17) is 13.9 Å². The predicted molar refractivity (Wildman–Crippen MR) is 91.4 cm³/mol. The molecule has 1 amide bonds. The van der Waals surface area contributed by atoms with E-state index >= 15 is 0 Å². The lowest BCUT2D eigenvalue weighted by molar-refractivity contribution is 0.102. The summed E-state index contributed by atoms with van der Waals surface area (Å²) in [6.45, 7) is 3.97. The van der Waals surface area contributed by atoms with Crippen molar-refractivity contribution in [3.05, 3.63) is 52.5 Å². The number of rotatable bonds is 3. The Kier molecular flexibility index (Phi) is 3.49. The third-order valence-corrected chi connectivity index (χ3v) is 4.02. The number of fused-ring (bicyclic) bond motifs is 2. The highest BCUT2D eigenvalue weighted by Gasteiger charge is 2.17. The molecule has 128 valence electrons. The van der Waals surface area contributed by atoms with Crippen LogP contribution in [0.1, 0.15) is 30.2 Å². The molecule has 0 saturated heterocycles. The van der Waals surface area contributed by atoms with Crippen LogP contribution in [0.2, 0.25) is 0 Å². The van der Waals surface area contributed by atoms with Crippen LogP contribution in [0.3, 0.4) is 0 Å². The number of carbonyl (C=O) groups excluding carboxylic acids is 1. The van der Waals surface area contributed by atoms with Gasteiger partial charge in [-0.25, -0.2) is 4.79 Å². The molecule has 3 aromatic rings. The summed E-state index contributed by atoms with van der Waals surface area (Å²) in [5.41, 5.74) is 2.12. The van der Waals surface area contributed by atoms with Crippen molar-refractivity contribution in [3.63, 3.8) is 0 Å². The normalized spacial score (nSPS) is 12.8. The smallest absolute Gasteiger partial charge is 0.420 e. The highest BCUT2D eigenvalue weighted by Crippen LogP contribution is 2.32. The quantitative estimate of drug-likeness (QED) is 0.792. The molecule has 1 N–H and O–H groups in total. The second-order valence-corrected chi connectivity index (χ2v) is 6.04. The zero-order chi connectivity index (χ0) is 17.6. The van der Waals surface area contributed by atoms with Crippen molar-refractivity contribution in [2.75, 3.05) is 12.1 Å². The van der Waals surface area contributed by atoms with Gasteiger partial charge in [0.1, 0.15) is 0 Å². The lowest BCUT2D eigenvalue weighted by Crippen LogP contribution is -2.15. The average molecular weight is 340 g/mol. The Labute approximate surface area is 142 Å². The third kappa shape index (κ3) is 2.63. The minimum atomic E-state index is -0.413. The number of hydrogen-bond acceptors (Lipinski definition) is 5. The number of oxazole rings is 1. The minimum Gasteiger partial charge on any atom is -0.454 e. The number of benzene rings is 2. The first-order valence-electron chi connectivity index (χ1n) is 7.89. The van der Waals surface area contributed by atoms with Crippen LogP contribution in [-0.4, -0.2) is 17.3 Å². The lowest BCUT2D eigenvalue weighted by atomic mass is 10.2. The Hall–Kier alpha value is -3.22. The van der Waals surface area contributed by atoms with Crippen molar-refractivity contribution in [2.45, 2.75) is 19.9 Å². The molecule has 2 aromatic carbocycles. The van der Waals surface area contributed by atoms with Gasteiger partial charge in [-0.05, 0) is 44.2 Å². The maximum absolute atomic E-state index is 12.4. The van der Waals surface area contributed by atoms with Gasteiger partial charge in [-0.2, -0.15) is 0 Å². The van der Waals surface area contributed by atoms with Gasteiger partial charge in [-0.15, -0.1) is 0 Å². The molecule has 0 bridgehead atoms. The van der Waals surface area contributed by atoms with Crippen molar-refractivity contribution in [1.29, 1.82) is 0 Å². The average Bonchev–Trinajstić information content (AvgIpc) is 3.16. The van der Waals surface area contributed by atoms with E-state index in [0.717, 1.165) is 0 Å². The van der Waals surface area contributed by atoms with Gasteiger partial charge >= 0.3 is 5.76 Å². The monoisotopic (exact) mass is 340 g/mol. The number of ether oxygens (including phenoxy) is 2. The van der Waals surface area contributed by atoms with Crippen molar-refractivity contribution in [2.24, 2.45) is 0 Å². The molecule has 2 heterocycles. The van der Waals surface area contributed by atoms with Crippen LogP contribution in [0, 0.1) is 0 Å². The number of anilines is 1. The number of nitrogens with zero attached hydrogens (tertiary/aromatic N) is 1. The van der Waals surface area contributed by atoms with Crippen LogP contribution < -0.4 is 20.5 Å². The fourth-order valence-corrected chi connectivity index (χ4v) is 2.84. The fourth-order valence-electron chi connectivity index (χ4n) is 2.84. The Morgan fingerprint density at radius 2 is 1.92 bits per heavy atom. The molecule has 0 unspecified atom stereocenters. The Morgan fingerprint density at radius 1 is 1.12 bits per heavy atom. The summed E-state index contributed by atoms with van der Waals surface area (Å²) < 4.78 is 17.4. The second-order valence-electron chi connectivity index (χ2n) is 6.04. The largest absolute Gasteiger partial charge is 0.454 e. The molecule has 4 rings (SSSR count). The third-order valence-electron chi connectivity index (χ3n) is 4.02. The van der Waals surface area contributed by atoms with Crippen LogP contribution >= 0.6 is 0 Å². The molecule has 0 fully saturated rings. The Morgan fingerprint density at radius 3 is 2.72 bits per heavy atom. The van der Waals surface area contributed by atoms with E-state index in [1.54, 1.807) is 41.0 Å². The van der Waals surface area contributed by atoms with Crippen LogP contribution in [-0.2, 0) is 0 Å². The summed E-state index contributed by atoms with van der Waals surface area (Å²) in [5.74, 6) is 0.463. The summed E-state index contributed by atoms with van der Waals surface area (Å²) in [4.78, 5) is 24.4. The number of carbonyl (C=O) groups is 1. The number of hydrogen-bond donors (Lipinski definition) is 1. The molecule has 7 nitrogen and oxygen atoms in total. The van der Waals surface area contributed by atoms with E-state index in [0.29, 0.717) is 33.8 Å². The maximum atomic E-state index is 12.4. The molecular formula is C18H16N2O5. The molecule has 0 saturated carbocycles. The van der Waals surface area contributed by atoms with Crippen LogP contribution in [0.4, 0.5) is 5.69 Å². The Balaban J connectivity index is 1.62. The lowest BCUT2D eigenvalue weighted by Gasteiger charge is -2.07. The van der Waals surface area contributed by atoms with E-state index in [2.05, 4.69) is 5.32 Å². The summed E-state index contributed by atoms with van der Waals surface area (Å²) in [7, 11) is 0. The predicted octanol–water partition coefficient (Wildman–Crippen LogP) is 3.16. The van der Waals surface area contributed by atoms with Crippen molar-refractivity contribution in [3.8, 4) is 11.5 Å². The van der Waals surface area contributed by atoms with E-state index < -0.39 is 5.76 Å². The highest BCUT2D eigenvalue weighted by atomic mass is 16.7. The van der Waals surface area contributed by atoms with Crippen molar-refractivity contribution >= 4 is 22.7 Å². The molecule has 0 radical (unpaired) electrons. The van der Waals surface area contributed by atoms with Crippen LogP contribution in [0.5, 0.6) is 11.5 Å². The summed E-state index contributed by atoms with van der Waals surface area (Å²) in [5, 5.41) is 2.79. The summed E-state index contributed by atoms with van der Waals surface area (Å²) >= 11 is 0. The molecule has 1 aliphatic rings. The number of aromatic nitrogens is 1. The molecule has 7 heteroatoms. The molecule has 0 spiro atoms. The zero-order valence-corrected chi connectivity index (χ0v) is 13.7. The van der Waals surface area contributed by atoms with Crippen molar-refractivity contribution in [1.82, 2.24) is 4.57 Å². The van der Waals surface area contributed by atoms with Gasteiger partial charge < -0.3 is 19.2 Å². The first kappa shape index (κ1) is 15.3. The van der Waals surface area contributed by atoms with Gasteiger partial charge in [0, 0.05) is 23.4 Å². The van der Waals surface area contributed by atoms with E-state index in [1.165, 1.54) is 0 Å². The standard InChI is InChI=1S/C18H16N2O5/c1-10(2)20-13-5-4-12(8-15(13)25-18(20)22)19-17(21)11-3-6-14-16(7-11)24-9-23-14/h3-8,10H,9H2,1-2H3,(H,19,21). The molecule has 25 heavy (non-hydrogen) atoms. The minimum absolute atomic E-state index is 0.0113. The molecule has 0 aliphatic carbocycles. The molecule has 0 atom stereocenters. The Bertz CT molecular complexity index is 1030. The second kappa shape index (κ2) is 5.70. The highest BCUT2D eigenvalue weighted by molar-refractivity contribution is 6.05. The van der Waals surface area contributed by atoms with E-state index in [9.17, 15) is 9.59 Å². The zero-order valence-electron chi connectivity index (χ0n) is 13.7. The summed E-state index contributed by atoms with van der Waals surface area (Å²) in [6, 6.07) is 10.1. The fraction of sp³-hybridized carbons (Fsp3) is 0.222. The summed E-state index contributed by atoms with van der Waals surface area (Å²) in [6.07, 6.45) is 0. The van der Waals surface area contributed by atoms with E-state index in [1.807, 2.05) is 13.8 Å². The molecular weight excluding hydrogens is 324 g/mol. The first-order valence-corrected chi connectivity index (χ1v) is 7.89. The van der Waals surface area contributed by atoms with Crippen LogP contribution in [0.25, 0.3) is 11.1 Å². The first-order chi connectivity index (χ1) is 12.0.